The summed E-state index contributed by atoms with van der Waals surface area (Å²) >= 11 is 0. The van der Waals surface area contributed by atoms with Crippen LogP contribution in [0.15, 0.2) is 18.2 Å². The van der Waals surface area contributed by atoms with Gasteiger partial charge in [-0.1, -0.05) is 20.8 Å². The maximum atomic E-state index is 9.83. The number of benzene rings is 1. The zero-order valence-electron chi connectivity index (χ0n) is 11.6. The van der Waals surface area contributed by atoms with Crippen LogP contribution in [0.25, 0.3) is 0 Å². The first kappa shape index (κ1) is 14.8. The van der Waals surface area contributed by atoms with E-state index in [1.807, 2.05) is 6.07 Å². The van der Waals surface area contributed by atoms with Gasteiger partial charge in [0.2, 0.25) is 0 Å². The Bertz CT molecular complexity index is 366. The third kappa shape index (κ3) is 4.57. The minimum atomic E-state index is -0.0969. The number of unbranched alkanes of at least 4 members (excludes halogenated alkanes) is 2. The number of aromatic hydroxyl groups is 1. The van der Waals surface area contributed by atoms with Crippen LogP contribution in [0.1, 0.15) is 45.6 Å². The first-order valence-corrected chi connectivity index (χ1v) is 6.52. The molecule has 1 aromatic rings. The molecule has 3 heteroatoms. The van der Waals surface area contributed by atoms with E-state index < -0.39 is 0 Å². The second-order valence-corrected chi connectivity index (χ2v) is 5.56. The molecular weight excluding hydrogens is 228 g/mol. The van der Waals surface area contributed by atoms with Gasteiger partial charge in [-0.2, -0.15) is 0 Å². The molecule has 1 aromatic carbocycles. The second kappa shape index (κ2) is 6.64. The zero-order chi connectivity index (χ0) is 13.6. The third-order valence-electron chi connectivity index (χ3n) is 2.85. The lowest BCUT2D eigenvalue weighted by Gasteiger charge is -2.21. The second-order valence-electron chi connectivity index (χ2n) is 5.56. The highest BCUT2D eigenvalue weighted by atomic mass is 16.5. The van der Waals surface area contributed by atoms with Crippen molar-refractivity contribution >= 4 is 0 Å². The maximum absolute atomic E-state index is 9.83. The molecule has 0 aliphatic carbocycles. The van der Waals surface area contributed by atoms with Crippen molar-refractivity contribution < 1.29 is 14.9 Å². The number of ether oxygens (including phenoxy) is 1. The molecule has 1 rings (SSSR count). The first-order valence-electron chi connectivity index (χ1n) is 6.52. The largest absolute Gasteiger partial charge is 0.508 e. The average Bonchev–Trinajstić information content (AvgIpc) is 2.29. The number of rotatable bonds is 6. The molecule has 0 saturated carbocycles. The highest BCUT2D eigenvalue weighted by molar-refractivity contribution is 5.43. The summed E-state index contributed by atoms with van der Waals surface area (Å²) < 4.78 is 5.65. The van der Waals surface area contributed by atoms with Crippen molar-refractivity contribution in [3.05, 3.63) is 23.8 Å². The molecule has 0 amide bonds. The van der Waals surface area contributed by atoms with Gasteiger partial charge < -0.3 is 14.9 Å². The Morgan fingerprint density at radius 2 is 1.83 bits per heavy atom. The van der Waals surface area contributed by atoms with E-state index in [0.29, 0.717) is 12.4 Å². The van der Waals surface area contributed by atoms with Crippen molar-refractivity contribution in [2.45, 2.75) is 45.4 Å². The number of aliphatic hydroxyl groups excluding tert-OH is 1. The van der Waals surface area contributed by atoms with Gasteiger partial charge in [0.1, 0.15) is 11.5 Å². The van der Waals surface area contributed by atoms with Crippen molar-refractivity contribution in [2.75, 3.05) is 13.2 Å². The summed E-state index contributed by atoms with van der Waals surface area (Å²) in [6, 6.07) is 5.38. The van der Waals surface area contributed by atoms with Crippen LogP contribution < -0.4 is 4.74 Å². The molecular formula is C15H24O3. The van der Waals surface area contributed by atoms with Crippen LogP contribution in [-0.4, -0.2) is 23.4 Å². The predicted molar refractivity (Wildman–Crippen MR) is 73.2 cm³/mol. The number of aliphatic hydroxyl groups is 1. The maximum Gasteiger partial charge on any atom is 0.119 e. The van der Waals surface area contributed by atoms with Crippen molar-refractivity contribution in [3.63, 3.8) is 0 Å². The molecule has 0 aromatic heterocycles. The molecule has 102 valence electrons. The van der Waals surface area contributed by atoms with Gasteiger partial charge in [0.25, 0.3) is 0 Å². The van der Waals surface area contributed by atoms with Crippen molar-refractivity contribution in [3.8, 4) is 11.5 Å². The van der Waals surface area contributed by atoms with E-state index in [0.717, 1.165) is 30.6 Å². The van der Waals surface area contributed by atoms with Gasteiger partial charge in [-0.25, -0.2) is 0 Å². The summed E-state index contributed by atoms with van der Waals surface area (Å²) in [7, 11) is 0. The fourth-order valence-corrected chi connectivity index (χ4v) is 1.79. The van der Waals surface area contributed by atoms with Crippen LogP contribution in [0.4, 0.5) is 0 Å². The van der Waals surface area contributed by atoms with E-state index in [1.165, 1.54) is 0 Å². The summed E-state index contributed by atoms with van der Waals surface area (Å²) in [6.07, 6.45) is 2.74. The third-order valence-corrected chi connectivity index (χ3v) is 2.85. The molecule has 0 unspecified atom stereocenters. The number of hydrogen-bond acceptors (Lipinski definition) is 3. The molecule has 0 heterocycles. The van der Waals surface area contributed by atoms with Crippen LogP contribution >= 0.6 is 0 Å². The predicted octanol–water partition coefficient (Wildman–Crippen LogP) is 3.23. The van der Waals surface area contributed by atoms with Gasteiger partial charge in [0, 0.05) is 12.2 Å². The lowest BCUT2D eigenvalue weighted by molar-refractivity contribution is 0.265. The minimum absolute atomic E-state index is 0.0969. The van der Waals surface area contributed by atoms with Crippen LogP contribution in [0.5, 0.6) is 11.5 Å². The fourth-order valence-electron chi connectivity index (χ4n) is 1.79. The van der Waals surface area contributed by atoms with Gasteiger partial charge in [-0.05, 0) is 42.9 Å². The quantitative estimate of drug-likeness (QED) is 0.764. The average molecular weight is 252 g/mol. The summed E-state index contributed by atoms with van der Waals surface area (Å²) in [5.41, 5.74) is 0.802. The Kier molecular flexibility index (Phi) is 5.48. The highest BCUT2D eigenvalue weighted by Gasteiger charge is 2.18. The molecule has 3 nitrogen and oxygen atoms in total. The molecule has 0 bridgehead atoms. The first-order chi connectivity index (χ1) is 8.45. The zero-order valence-corrected chi connectivity index (χ0v) is 11.6. The van der Waals surface area contributed by atoms with Gasteiger partial charge in [-0.3, -0.25) is 0 Å². The van der Waals surface area contributed by atoms with E-state index in [2.05, 4.69) is 20.8 Å². The lowest BCUT2D eigenvalue weighted by atomic mass is 9.86. The van der Waals surface area contributed by atoms with Crippen molar-refractivity contribution in [2.24, 2.45) is 0 Å². The van der Waals surface area contributed by atoms with Crippen LogP contribution in [-0.2, 0) is 5.41 Å². The fraction of sp³-hybridized carbons (Fsp3) is 0.600. The molecule has 0 saturated heterocycles. The Balaban J connectivity index is 2.57. The Morgan fingerprint density at radius 3 is 2.44 bits per heavy atom. The van der Waals surface area contributed by atoms with E-state index >= 15 is 0 Å². The van der Waals surface area contributed by atoms with Crippen molar-refractivity contribution in [1.29, 1.82) is 0 Å². The molecule has 0 radical (unpaired) electrons. The molecule has 0 spiro atoms. The van der Waals surface area contributed by atoms with Crippen molar-refractivity contribution in [1.82, 2.24) is 0 Å². The standard InChI is InChI=1S/C15H24O3/c1-15(2,3)13-11-12(7-8-14(13)17)18-10-6-4-5-9-16/h7-8,11,16-17H,4-6,9-10H2,1-3H3. The summed E-state index contributed by atoms with van der Waals surface area (Å²) in [4.78, 5) is 0. The smallest absolute Gasteiger partial charge is 0.119 e. The lowest BCUT2D eigenvalue weighted by Crippen LogP contribution is -2.11. The van der Waals surface area contributed by atoms with Gasteiger partial charge in [-0.15, -0.1) is 0 Å². The topological polar surface area (TPSA) is 49.7 Å². The Labute approximate surface area is 109 Å². The van der Waals surface area contributed by atoms with E-state index in [9.17, 15) is 5.11 Å². The molecule has 0 atom stereocenters. The molecule has 0 aliphatic rings. The number of phenolic OH excluding ortho intramolecular Hbond substituents is 1. The molecule has 0 fully saturated rings. The Morgan fingerprint density at radius 1 is 1.11 bits per heavy atom. The number of phenols is 1. The SMILES string of the molecule is CC(C)(C)c1cc(OCCCCCO)ccc1O. The highest BCUT2D eigenvalue weighted by Crippen LogP contribution is 2.33. The van der Waals surface area contributed by atoms with E-state index in [4.69, 9.17) is 9.84 Å². The molecule has 18 heavy (non-hydrogen) atoms. The summed E-state index contributed by atoms with van der Waals surface area (Å²) in [5, 5.41) is 18.5. The van der Waals surface area contributed by atoms with Crippen LogP contribution in [0.2, 0.25) is 0 Å². The number of hydrogen-bond donors (Lipinski definition) is 2. The van der Waals surface area contributed by atoms with Crippen LogP contribution in [0, 0.1) is 0 Å². The van der Waals surface area contributed by atoms with Gasteiger partial charge in [0.05, 0.1) is 6.61 Å². The van der Waals surface area contributed by atoms with E-state index in [1.54, 1.807) is 12.1 Å². The van der Waals surface area contributed by atoms with Gasteiger partial charge in [0.15, 0.2) is 0 Å². The van der Waals surface area contributed by atoms with Gasteiger partial charge >= 0.3 is 0 Å². The molecule has 0 aliphatic heterocycles. The summed E-state index contributed by atoms with van der Waals surface area (Å²) in [6.45, 7) is 7.08. The monoisotopic (exact) mass is 252 g/mol. The minimum Gasteiger partial charge on any atom is -0.508 e. The summed E-state index contributed by atoms with van der Waals surface area (Å²) in [5.74, 6) is 1.11. The molecule has 2 N–H and O–H groups in total. The van der Waals surface area contributed by atoms with E-state index in [-0.39, 0.29) is 12.0 Å². The normalized spacial score (nSPS) is 11.6. The van der Waals surface area contributed by atoms with Crippen LogP contribution in [0.3, 0.4) is 0 Å². The Hall–Kier alpha value is -1.22.